The third kappa shape index (κ3) is 4.80. The first-order valence-electron chi connectivity index (χ1n) is 9.54. The highest BCUT2D eigenvalue weighted by molar-refractivity contribution is 7.99. The molecule has 0 fully saturated rings. The Balaban J connectivity index is 2.12. The lowest BCUT2D eigenvalue weighted by Crippen LogP contribution is -2.45. The van der Waals surface area contributed by atoms with Crippen molar-refractivity contribution in [1.29, 1.82) is 0 Å². The van der Waals surface area contributed by atoms with Crippen molar-refractivity contribution in [3.63, 3.8) is 0 Å². The molecule has 1 amide bonds. The number of likely N-dealkylation sites (N-methyl/N-ethyl adjacent to an activating group) is 1. The molecule has 1 aliphatic heterocycles. The number of fused-ring (bicyclic) bond motifs is 1. The number of anilines is 1. The predicted octanol–water partition coefficient (Wildman–Crippen LogP) is 2.82. The average molecular weight is 415 g/mol. The van der Waals surface area contributed by atoms with Crippen molar-refractivity contribution in [2.24, 2.45) is 0 Å². The maximum Gasteiger partial charge on any atom is 0.303 e. The van der Waals surface area contributed by atoms with E-state index in [2.05, 4.69) is 5.32 Å². The minimum absolute atomic E-state index is 0.0825. The van der Waals surface area contributed by atoms with Crippen LogP contribution in [0.5, 0.6) is 0 Å². The minimum Gasteiger partial charge on any atom is -0.451 e. The molecule has 1 heterocycles. The Labute approximate surface area is 175 Å². The van der Waals surface area contributed by atoms with Crippen LogP contribution in [0.4, 0.5) is 5.69 Å². The molecule has 1 aliphatic rings. The number of aliphatic hydroxyl groups is 1. The zero-order valence-electron chi connectivity index (χ0n) is 16.8. The first-order chi connectivity index (χ1) is 13.9. The fourth-order valence-electron chi connectivity index (χ4n) is 3.32. The van der Waals surface area contributed by atoms with E-state index in [-0.39, 0.29) is 17.8 Å². The van der Waals surface area contributed by atoms with Gasteiger partial charge in [0.15, 0.2) is 6.10 Å². The molecule has 0 aromatic heterocycles. The Morgan fingerprint density at radius 2 is 1.97 bits per heavy atom. The lowest BCUT2D eigenvalue weighted by molar-refractivity contribution is -0.152. The van der Waals surface area contributed by atoms with Crippen molar-refractivity contribution in [1.82, 2.24) is 5.32 Å². The van der Waals surface area contributed by atoms with Crippen LogP contribution in [0.15, 0.2) is 47.4 Å². The van der Waals surface area contributed by atoms with Gasteiger partial charge < -0.3 is 20.1 Å². The van der Waals surface area contributed by atoms with E-state index >= 15 is 0 Å². The SMILES string of the molecule is CNCCN1C(=O)[C@H](OC(C)=O)[C@H](c2ccc(C)cc2)Sc2cc(CO)ccc21. The summed E-state index contributed by atoms with van der Waals surface area (Å²) in [7, 11) is 1.82. The van der Waals surface area contributed by atoms with E-state index in [1.807, 2.05) is 56.4 Å². The third-order valence-corrected chi connectivity index (χ3v) is 6.17. The summed E-state index contributed by atoms with van der Waals surface area (Å²) >= 11 is 1.49. The Kier molecular flexibility index (Phi) is 6.95. The molecule has 2 atom stereocenters. The number of esters is 1. The lowest BCUT2D eigenvalue weighted by Gasteiger charge is -2.27. The highest BCUT2D eigenvalue weighted by Crippen LogP contribution is 2.47. The van der Waals surface area contributed by atoms with E-state index in [4.69, 9.17) is 4.74 Å². The number of rotatable bonds is 6. The van der Waals surface area contributed by atoms with Crippen molar-refractivity contribution in [3.8, 4) is 0 Å². The van der Waals surface area contributed by atoms with E-state index in [1.165, 1.54) is 18.7 Å². The minimum atomic E-state index is -0.943. The molecule has 0 spiro atoms. The topological polar surface area (TPSA) is 78.9 Å². The van der Waals surface area contributed by atoms with Crippen LogP contribution in [0.1, 0.15) is 28.9 Å². The molecule has 0 saturated heterocycles. The van der Waals surface area contributed by atoms with E-state index in [0.717, 1.165) is 27.3 Å². The number of aryl methyl sites for hydroxylation is 1. The van der Waals surface area contributed by atoms with Crippen LogP contribution in [0.3, 0.4) is 0 Å². The van der Waals surface area contributed by atoms with Crippen LogP contribution < -0.4 is 10.2 Å². The Bertz CT molecular complexity index is 885. The second-order valence-electron chi connectivity index (χ2n) is 7.03. The Hall–Kier alpha value is -2.35. The number of thioether (sulfide) groups is 1. The summed E-state index contributed by atoms with van der Waals surface area (Å²) in [6.45, 7) is 4.28. The summed E-state index contributed by atoms with van der Waals surface area (Å²) in [5.41, 5.74) is 3.56. The number of amides is 1. The molecule has 7 heteroatoms. The van der Waals surface area contributed by atoms with Gasteiger partial charge >= 0.3 is 5.97 Å². The van der Waals surface area contributed by atoms with Crippen molar-refractivity contribution in [3.05, 3.63) is 59.2 Å². The van der Waals surface area contributed by atoms with Gasteiger partial charge in [-0.25, -0.2) is 0 Å². The van der Waals surface area contributed by atoms with Crippen molar-refractivity contribution < 1.29 is 19.4 Å². The first kappa shape index (κ1) is 21.4. The molecule has 2 aromatic rings. The van der Waals surface area contributed by atoms with E-state index in [1.54, 1.807) is 4.90 Å². The molecule has 0 saturated carbocycles. The van der Waals surface area contributed by atoms with Gasteiger partial charge in [-0.3, -0.25) is 9.59 Å². The second kappa shape index (κ2) is 9.43. The lowest BCUT2D eigenvalue weighted by atomic mass is 10.0. The fraction of sp³-hybridized carbons (Fsp3) is 0.364. The summed E-state index contributed by atoms with van der Waals surface area (Å²) in [4.78, 5) is 27.9. The highest BCUT2D eigenvalue weighted by Gasteiger charge is 2.40. The zero-order valence-corrected chi connectivity index (χ0v) is 17.7. The van der Waals surface area contributed by atoms with Crippen molar-refractivity contribution >= 4 is 29.3 Å². The van der Waals surface area contributed by atoms with Crippen LogP contribution >= 0.6 is 11.8 Å². The molecule has 0 bridgehead atoms. The van der Waals surface area contributed by atoms with Gasteiger partial charge in [0.25, 0.3) is 5.91 Å². The maximum atomic E-state index is 13.5. The molecular weight excluding hydrogens is 388 g/mol. The van der Waals surface area contributed by atoms with Crippen LogP contribution in [-0.4, -0.2) is 43.2 Å². The summed E-state index contributed by atoms with van der Waals surface area (Å²) in [6, 6.07) is 13.5. The van der Waals surface area contributed by atoms with E-state index in [9.17, 15) is 14.7 Å². The van der Waals surface area contributed by atoms with Crippen molar-refractivity contribution in [2.45, 2.75) is 36.7 Å². The van der Waals surface area contributed by atoms with Crippen LogP contribution in [0.25, 0.3) is 0 Å². The number of benzene rings is 2. The largest absolute Gasteiger partial charge is 0.451 e. The summed E-state index contributed by atoms with van der Waals surface area (Å²) in [5, 5.41) is 12.3. The molecule has 3 rings (SSSR count). The molecule has 0 aliphatic carbocycles. The molecule has 6 nitrogen and oxygen atoms in total. The predicted molar refractivity (Wildman–Crippen MR) is 114 cm³/mol. The van der Waals surface area contributed by atoms with Crippen LogP contribution in [0, 0.1) is 6.92 Å². The second-order valence-corrected chi connectivity index (χ2v) is 8.22. The highest BCUT2D eigenvalue weighted by atomic mass is 32.2. The molecular formula is C22H26N2O4S. The number of ether oxygens (including phenoxy) is 1. The smallest absolute Gasteiger partial charge is 0.303 e. The maximum absolute atomic E-state index is 13.5. The van der Waals surface area contributed by atoms with Gasteiger partial charge in [-0.05, 0) is 37.2 Å². The van der Waals surface area contributed by atoms with Gasteiger partial charge in [0.1, 0.15) is 0 Å². The number of carbonyl (C=O) groups excluding carboxylic acids is 2. The molecule has 154 valence electrons. The summed E-state index contributed by atoms with van der Waals surface area (Å²) in [6.07, 6.45) is -0.943. The average Bonchev–Trinajstić information content (AvgIpc) is 2.81. The normalized spacial score (nSPS) is 18.9. The van der Waals surface area contributed by atoms with Crippen molar-refractivity contribution in [2.75, 3.05) is 25.0 Å². The van der Waals surface area contributed by atoms with Gasteiger partial charge in [-0.2, -0.15) is 0 Å². The first-order valence-corrected chi connectivity index (χ1v) is 10.4. The molecule has 0 unspecified atom stereocenters. The molecule has 2 N–H and O–H groups in total. The summed E-state index contributed by atoms with van der Waals surface area (Å²) in [5.74, 6) is -0.736. The third-order valence-electron chi connectivity index (χ3n) is 4.82. The number of aliphatic hydroxyl groups excluding tert-OH is 1. The quantitative estimate of drug-likeness (QED) is 0.708. The van der Waals surface area contributed by atoms with Crippen LogP contribution in [-0.2, 0) is 20.9 Å². The van der Waals surface area contributed by atoms with E-state index < -0.39 is 12.1 Å². The van der Waals surface area contributed by atoms with Gasteiger partial charge in [-0.15, -0.1) is 11.8 Å². The number of carbonyl (C=O) groups is 2. The monoisotopic (exact) mass is 414 g/mol. The number of hydrogen-bond donors (Lipinski definition) is 2. The zero-order chi connectivity index (χ0) is 21.0. The van der Waals surface area contributed by atoms with Gasteiger partial charge in [-0.1, -0.05) is 35.9 Å². The Morgan fingerprint density at radius 3 is 2.59 bits per heavy atom. The standard InChI is InChI=1S/C22H26N2O4S/c1-14-4-7-17(8-5-14)21-20(28-15(2)26)22(27)24(11-10-23-3)18-9-6-16(13-25)12-19(18)29-21/h4-9,12,20-21,23,25H,10-11,13H2,1-3H3/t20-,21+/m1/s1. The molecule has 29 heavy (non-hydrogen) atoms. The molecule has 0 radical (unpaired) electrons. The van der Waals surface area contributed by atoms with Crippen LogP contribution in [0.2, 0.25) is 0 Å². The van der Waals surface area contributed by atoms with Gasteiger partial charge in [0.2, 0.25) is 0 Å². The Morgan fingerprint density at radius 1 is 1.24 bits per heavy atom. The van der Waals surface area contributed by atoms with Gasteiger partial charge in [0, 0.05) is 24.9 Å². The van der Waals surface area contributed by atoms with Gasteiger partial charge in [0.05, 0.1) is 17.5 Å². The molecule has 2 aromatic carbocycles. The number of nitrogens with one attached hydrogen (secondary N) is 1. The summed E-state index contributed by atoms with van der Waals surface area (Å²) < 4.78 is 5.56. The fourth-order valence-corrected chi connectivity index (χ4v) is 4.70. The number of hydrogen-bond acceptors (Lipinski definition) is 6. The number of nitrogens with zero attached hydrogens (tertiary/aromatic N) is 1. The van der Waals surface area contributed by atoms with E-state index in [0.29, 0.717) is 13.1 Å².